The molecule has 0 saturated carbocycles. The molecular weight excluding hydrogens is 222 g/mol. The molecule has 0 aliphatic carbocycles. The summed E-state index contributed by atoms with van der Waals surface area (Å²) in [5.41, 5.74) is -0.602. The monoisotopic (exact) mass is 241 g/mol. The lowest BCUT2D eigenvalue weighted by molar-refractivity contribution is 0.443. The molecule has 5 heteroatoms. The van der Waals surface area contributed by atoms with Crippen molar-refractivity contribution in [1.82, 2.24) is 4.72 Å². The molecule has 1 N–H and O–H groups in total. The molecule has 0 heterocycles. The van der Waals surface area contributed by atoms with Crippen LogP contribution in [0.5, 0.6) is 0 Å². The van der Waals surface area contributed by atoms with Gasteiger partial charge in [-0.15, -0.1) is 11.6 Å². The molecule has 1 atom stereocenters. The molecule has 0 aromatic rings. The molecule has 3 nitrogen and oxygen atoms in total. The SMILES string of the molecule is CC(C)CS(=O)(=O)NC(C)(C)C(C)Cl. The Bertz CT molecular complexity index is 271. The van der Waals surface area contributed by atoms with Crippen molar-refractivity contribution < 1.29 is 8.42 Å². The summed E-state index contributed by atoms with van der Waals surface area (Å²) in [7, 11) is -3.22. The smallest absolute Gasteiger partial charge is 0.212 e. The van der Waals surface area contributed by atoms with E-state index in [1.54, 1.807) is 20.8 Å². The maximum absolute atomic E-state index is 11.6. The second-order valence-electron chi connectivity index (χ2n) is 4.62. The summed E-state index contributed by atoms with van der Waals surface area (Å²) in [5, 5.41) is -0.246. The van der Waals surface area contributed by atoms with Crippen LogP contribution in [0.25, 0.3) is 0 Å². The van der Waals surface area contributed by atoms with E-state index in [2.05, 4.69) is 4.72 Å². The van der Waals surface area contributed by atoms with Crippen LogP contribution in [0.3, 0.4) is 0 Å². The summed E-state index contributed by atoms with van der Waals surface area (Å²) < 4.78 is 25.8. The molecule has 14 heavy (non-hydrogen) atoms. The minimum absolute atomic E-state index is 0.119. The maximum Gasteiger partial charge on any atom is 0.212 e. The molecule has 0 radical (unpaired) electrons. The first-order valence-corrected chi connectivity index (χ1v) is 6.81. The number of alkyl halides is 1. The van der Waals surface area contributed by atoms with E-state index in [9.17, 15) is 8.42 Å². The van der Waals surface area contributed by atoms with E-state index in [0.717, 1.165) is 0 Å². The summed E-state index contributed by atoms with van der Waals surface area (Å²) in [6, 6.07) is 0. The van der Waals surface area contributed by atoms with Gasteiger partial charge in [0.1, 0.15) is 0 Å². The molecule has 86 valence electrons. The predicted octanol–water partition coefficient (Wildman–Crippen LogP) is 1.97. The Hall–Kier alpha value is 0.200. The summed E-state index contributed by atoms with van der Waals surface area (Å²) in [4.78, 5) is 0. The fourth-order valence-electron chi connectivity index (χ4n) is 0.962. The van der Waals surface area contributed by atoms with Gasteiger partial charge in [0.25, 0.3) is 0 Å². The van der Waals surface area contributed by atoms with Crippen molar-refractivity contribution >= 4 is 21.6 Å². The molecule has 0 rings (SSSR count). The minimum atomic E-state index is -3.22. The van der Waals surface area contributed by atoms with Gasteiger partial charge in [-0.2, -0.15) is 0 Å². The number of rotatable bonds is 5. The van der Waals surface area contributed by atoms with Crippen LogP contribution in [0.1, 0.15) is 34.6 Å². The standard InChI is InChI=1S/C9H20ClNO2S/c1-7(2)6-14(12,13)11-9(4,5)8(3)10/h7-8,11H,6H2,1-5H3. The van der Waals surface area contributed by atoms with Crippen LogP contribution in [-0.2, 0) is 10.0 Å². The first-order chi connectivity index (χ1) is 6.07. The Morgan fingerprint density at radius 3 is 2.00 bits per heavy atom. The summed E-state index contributed by atoms with van der Waals surface area (Å²) in [5.74, 6) is 0.258. The number of halogens is 1. The number of nitrogens with one attached hydrogen (secondary N) is 1. The van der Waals surface area contributed by atoms with E-state index < -0.39 is 15.6 Å². The number of sulfonamides is 1. The summed E-state index contributed by atoms with van der Waals surface area (Å²) in [6.07, 6.45) is 0. The first kappa shape index (κ1) is 14.2. The Morgan fingerprint density at radius 1 is 1.29 bits per heavy atom. The minimum Gasteiger partial charge on any atom is -0.212 e. The van der Waals surface area contributed by atoms with Crippen LogP contribution in [0.2, 0.25) is 0 Å². The third-order valence-electron chi connectivity index (χ3n) is 1.97. The highest BCUT2D eigenvalue weighted by Gasteiger charge is 2.29. The van der Waals surface area contributed by atoms with Crippen molar-refractivity contribution in [2.24, 2.45) is 5.92 Å². The van der Waals surface area contributed by atoms with Crippen molar-refractivity contribution in [3.8, 4) is 0 Å². The van der Waals surface area contributed by atoms with Gasteiger partial charge < -0.3 is 0 Å². The average Bonchev–Trinajstić information content (AvgIpc) is 1.79. The zero-order chi connectivity index (χ0) is 11.6. The fourth-order valence-corrected chi connectivity index (χ4v) is 3.02. The lowest BCUT2D eigenvalue weighted by Crippen LogP contribution is -2.50. The molecule has 0 aromatic heterocycles. The fraction of sp³-hybridized carbons (Fsp3) is 1.00. The molecule has 1 unspecified atom stereocenters. The van der Waals surface area contributed by atoms with Crippen molar-refractivity contribution in [2.45, 2.75) is 45.5 Å². The van der Waals surface area contributed by atoms with Crippen molar-refractivity contribution in [3.05, 3.63) is 0 Å². The Labute approximate surface area is 92.3 Å². The number of hydrogen-bond acceptors (Lipinski definition) is 2. The van der Waals surface area contributed by atoms with Crippen LogP contribution in [0, 0.1) is 5.92 Å². The lowest BCUT2D eigenvalue weighted by atomic mass is 10.0. The lowest BCUT2D eigenvalue weighted by Gasteiger charge is -2.28. The van der Waals surface area contributed by atoms with Crippen LogP contribution < -0.4 is 4.72 Å². The predicted molar refractivity (Wildman–Crippen MR) is 61.2 cm³/mol. The normalized spacial score (nSPS) is 15.9. The maximum atomic E-state index is 11.6. The van der Waals surface area contributed by atoms with E-state index in [1.165, 1.54) is 0 Å². The van der Waals surface area contributed by atoms with Crippen LogP contribution in [-0.4, -0.2) is 25.1 Å². The van der Waals surface area contributed by atoms with E-state index in [1.807, 2.05) is 13.8 Å². The highest BCUT2D eigenvalue weighted by atomic mass is 35.5. The second-order valence-corrected chi connectivity index (χ2v) is 7.04. The van der Waals surface area contributed by atoms with Crippen molar-refractivity contribution in [3.63, 3.8) is 0 Å². The molecule has 0 aliphatic heterocycles. The van der Waals surface area contributed by atoms with Crippen LogP contribution >= 0.6 is 11.6 Å². The highest BCUT2D eigenvalue weighted by Crippen LogP contribution is 2.16. The van der Waals surface area contributed by atoms with Gasteiger partial charge >= 0.3 is 0 Å². The van der Waals surface area contributed by atoms with Crippen molar-refractivity contribution in [2.75, 3.05) is 5.75 Å². The van der Waals surface area contributed by atoms with E-state index in [4.69, 9.17) is 11.6 Å². The highest BCUT2D eigenvalue weighted by molar-refractivity contribution is 7.89. The summed E-state index contributed by atoms with van der Waals surface area (Å²) in [6.45, 7) is 9.08. The van der Waals surface area contributed by atoms with E-state index >= 15 is 0 Å². The third-order valence-corrected chi connectivity index (χ3v) is 4.45. The van der Waals surface area contributed by atoms with Crippen LogP contribution in [0.15, 0.2) is 0 Å². The van der Waals surface area contributed by atoms with Gasteiger partial charge in [0.05, 0.1) is 5.75 Å². The number of hydrogen-bond donors (Lipinski definition) is 1. The largest absolute Gasteiger partial charge is 0.212 e. The zero-order valence-corrected chi connectivity index (χ0v) is 11.0. The topological polar surface area (TPSA) is 46.2 Å². The molecule has 0 aliphatic rings. The van der Waals surface area contributed by atoms with Gasteiger partial charge in [-0.3, -0.25) is 0 Å². The summed E-state index contributed by atoms with van der Waals surface area (Å²) >= 11 is 5.89. The van der Waals surface area contributed by atoms with Crippen LogP contribution in [0.4, 0.5) is 0 Å². The first-order valence-electron chi connectivity index (χ1n) is 4.72. The van der Waals surface area contributed by atoms with Gasteiger partial charge in [-0.25, -0.2) is 13.1 Å². The van der Waals surface area contributed by atoms with Gasteiger partial charge in [0.15, 0.2) is 0 Å². The van der Waals surface area contributed by atoms with Gasteiger partial charge in [0, 0.05) is 10.9 Å². The molecule has 0 saturated heterocycles. The van der Waals surface area contributed by atoms with Gasteiger partial charge in [-0.1, -0.05) is 13.8 Å². The Morgan fingerprint density at radius 2 is 1.71 bits per heavy atom. The second kappa shape index (κ2) is 4.81. The Balaban J connectivity index is 4.52. The van der Waals surface area contributed by atoms with E-state index in [0.29, 0.717) is 0 Å². The molecule has 0 fully saturated rings. The average molecular weight is 242 g/mol. The molecule has 0 spiro atoms. The Kier molecular flexibility index (Phi) is 4.88. The van der Waals surface area contributed by atoms with Crippen molar-refractivity contribution in [1.29, 1.82) is 0 Å². The molecule has 0 bridgehead atoms. The van der Waals surface area contributed by atoms with Gasteiger partial charge in [0.2, 0.25) is 10.0 Å². The van der Waals surface area contributed by atoms with Gasteiger partial charge in [-0.05, 0) is 26.7 Å². The molecule has 0 aromatic carbocycles. The quantitative estimate of drug-likeness (QED) is 0.748. The zero-order valence-electron chi connectivity index (χ0n) is 9.46. The van der Waals surface area contributed by atoms with E-state index in [-0.39, 0.29) is 17.0 Å². The molecule has 0 amide bonds. The third kappa shape index (κ3) is 5.17. The molecular formula is C9H20ClNO2S.